The maximum Gasteiger partial charge on any atom is 0.253 e. The van der Waals surface area contributed by atoms with Crippen molar-refractivity contribution in [2.24, 2.45) is 0 Å². The van der Waals surface area contributed by atoms with Crippen molar-refractivity contribution in [1.82, 2.24) is 10.3 Å². The number of rotatable bonds is 4. The summed E-state index contributed by atoms with van der Waals surface area (Å²) in [4.78, 5) is 15.5. The van der Waals surface area contributed by atoms with Crippen LogP contribution in [0, 0.1) is 5.82 Å². The summed E-state index contributed by atoms with van der Waals surface area (Å²) in [5, 5.41) is 2.76. The van der Waals surface area contributed by atoms with Crippen molar-refractivity contribution < 1.29 is 18.7 Å². The molecule has 2 rings (SSSR count). The first kappa shape index (κ1) is 12.9. The van der Waals surface area contributed by atoms with E-state index in [1.165, 1.54) is 6.20 Å². The first-order chi connectivity index (χ1) is 8.70. The second-order valence-electron chi connectivity index (χ2n) is 4.00. The second-order valence-corrected chi connectivity index (χ2v) is 4.00. The van der Waals surface area contributed by atoms with Gasteiger partial charge in [-0.25, -0.2) is 4.39 Å². The molecular weight excluding hydrogens is 239 g/mol. The van der Waals surface area contributed by atoms with Crippen LogP contribution in [-0.2, 0) is 9.47 Å². The summed E-state index contributed by atoms with van der Waals surface area (Å²) in [6.07, 6.45) is 2.23. The van der Waals surface area contributed by atoms with E-state index in [1.807, 2.05) is 6.92 Å². The molecule has 2 heterocycles. The van der Waals surface area contributed by atoms with Crippen molar-refractivity contribution in [2.45, 2.75) is 19.1 Å². The molecule has 1 saturated heterocycles. The molecule has 0 radical (unpaired) electrons. The standard InChI is InChI=1S/C12H15FN2O3/c1-2-18-11-7-17-6-10(11)15-12(16)8-3-9(13)5-14-4-8/h3-5,10-11H,2,6-7H2,1H3,(H,15,16)/t10-,11-/m0/s1. The van der Waals surface area contributed by atoms with Crippen LogP contribution in [0.15, 0.2) is 18.5 Å². The Hall–Kier alpha value is -1.53. The second kappa shape index (κ2) is 5.88. The summed E-state index contributed by atoms with van der Waals surface area (Å²) in [5.41, 5.74) is 0.192. The summed E-state index contributed by atoms with van der Waals surface area (Å²) < 4.78 is 23.6. The Labute approximate surface area is 104 Å². The molecule has 1 aliphatic heterocycles. The van der Waals surface area contributed by atoms with Gasteiger partial charge in [0.05, 0.1) is 31.0 Å². The highest BCUT2D eigenvalue weighted by Crippen LogP contribution is 2.11. The molecule has 0 bridgehead atoms. The molecule has 5 nitrogen and oxygen atoms in total. The number of pyridine rings is 1. The lowest BCUT2D eigenvalue weighted by atomic mass is 10.2. The van der Waals surface area contributed by atoms with E-state index in [9.17, 15) is 9.18 Å². The molecule has 1 aromatic rings. The number of carbonyl (C=O) groups is 1. The fourth-order valence-corrected chi connectivity index (χ4v) is 1.84. The number of nitrogens with one attached hydrogen (secondary N) is 1. The minimum absolute atomic E-state index is 0.152. The van der Waals surface area contributed by atoms with Crippen LogP contribution < -0.4 is 5.32 Å². The first-order valence-corrected chi connectivity index (χ1v) is 5.81. The number of hydrogen-bond acceptors (Lipinski definition) is 4. The topological polar surface area (TPSA) is 60.5 Å². The van der Waals surface area contributed by atoms with Crippen molar-refractivity contribution in [3.8, 4) is 0 Å². The van der Waals surface area contributed by atoms with E-state index in [1.54, 1.807) is 0 Å². The van der Waals surface area contributed by atoms with Gasteiger partial charge in [-0.2, -0.15) is 0 Å². The van der Waals surface area contributed by atoms with Crippen molar-refractivity contribution >= 4 is 5.91 Å². The molecule has 1 fully saturated rings. The molecule has 1 aliphatic rings. The summed E-state index contributed by atoms with van der Waals surface area (Å²) >= 11 is 0. The van der Waals surface area contributed by atoms with Crippen LogP contribution in [0.4, 0.5) is 4.39 Å². The van der Waals surface area contributed by atoms with Crippen LogP contribution in [0.25, 0.3) is 0 Å². The Kier molecular flexibility index (Phi) is 4.22. The van der Waals surface area contributed by atoms with Gasteiger partial charge in [0.1, 0.15) is 11.9 Å². The molecule has 0 saturated carbocycles. The smallest absolute Gasteiger partial charge is 0.253 e. The van der Waals surface area contributed by atoms with Gasteiger partial charge >= 0.3 is 0 Å². The van der Waals surface area contributed by atoms with Crippen LogP contribution in [0.3, 0.4) is 0 Å². The van der Waals surface area contributed by atoms with E-state index in [-0.39, 0.29) is 23.6 Å². The van der Waals surface area contributed by atoms with Gasteiger partial charge in [-0.05, 0) is 13.0 Å². The van der Waals surface area contributed by atoms with Gasteiger partial charge in [0.15, 0.2) is 0 Å². The molecule has 1 N–H and O–H groups in total. The number of aromatic nitrogens is 1. The Morgan fingerprint density at radius 3 is 3.17 bits per heavy atom. The molecule has 0 aliphatic carbocycles. The molecule has 0 unspecified atom stereocenters. The average molecular weight is 254 g/mol. The number of halogens is 1. The summed E-state index contributed by atoms with van der Waals surface area (Å²) in [7, 11) is 0. The SMILES string of the molecule is CCO[C@H]1COC[C@@H]1NC(=O)c1cncc(F)c1. The Balaban J connectivity index is 1.98. The molecule has 18 heavy (non-hydrogen) atoms. The van der Waals surface area contributed by atoms with Gasteiger partial charge in [0.25, 0.3) is 5.91 Å². The Morgan fingerprint density at radius 2 is 2.44 bits per heavy atom. The highest BCUT2D eigenvalue weighted by molar-refractivity contribution is 5.94. The number of hydrogen-bond donors (Lipinski definition) is 1. The number of ether oxygens (including phenoxy) is 2. The zero-order chi connectivity index (χ0) is 13.0. The minimum atomic E-state index is -0.535. The molecular formula is C12H15FN2O3. The third kappa shape index (κ3) is 3.02. The van der Waals surface area contributed by atoms with E-state index in [4.69, 9.17) is 9.47 Å². The molecule has 1 amide bonds. The highest BCUT2D eigenvalue weighted by atomic mass is 19.1. The normalized spacial score (nSPS) is 23.0. The lowest BCUT2D eigenvalue weighted by Crippen LogP contribution is -2.43. The Bertz CT molecular complexity index is 428. The summed E-state index contributed by atoms with van der Waals surface area (Å²) in [5.74, 6) is -0.908. The predicted molar refractivity (Wildman–Crippen MR) is 61.7 cm³/mol. The lowest BCUT2D eigenvalue weighted by molar-refractivity contribution is 0.0402. The monoisotopic (exact) mass is 254 g/mol. The van der Waals surface area contributed by atoms with E-state index in [0.29, 0.717) is 19.8 Å². The summed E-state index contributed by atoms with van der Waals surface area (Å²) in [6, 6.07) is 0.939. The van der Waals surface area contributed by atoms with Crippen molar-refractivity contribution in [1.29, 1.82) is 0 Å². The van der Waals surface area contributed by atoms with Crippen LogP contribution in [0.5, 0.6) is 0 Å². The molecule has 0 spiro atoms. The van der Waals surface area contributed by atoms with Gasteiger partial charge in [-0.15, -0.1) is 0 Å². The van der Waals surface area contributed by atoms with Crippen LogP contribution in [-0.4, -0.2) is 42.9 Å². The molecule has 6 heteroatoms. The minimum Gasteiger partial charge on any atom is -0.376 e. The van der Waals surface area contributed by atoms with Gasteiger partial charge in [-0.3, -0.25) is 9.78 Å². The number of carbonyl (C=O) groups excluding carboxylic acids is 1. The maximum absolute atomic E-state index is 12.9. The highest BCUT2D eigenvalue weighted by Gasteiger charge is 2.30. The first-order valence-electron chi connectivity index (χ1n) is 5.81. The molecule has 2 atom stereocenters. The van der Waals surface area contributed by atoms with E-state index < -0.39 is 5.82 Å². The van der Waals surface area contributed by atoms with E-state index in [0.717, 1.165) is 12.3 Å². The van der Waals surface area contributed by atoms with Crippen LogP contribution in [0.1, 0.15) is 17.3 Å². The van der Waals surface area contributed by atoms with Gasteiger partial charge < -0.3 is 14.8 Å². The predicted octanol–water partition coefficient (Wildman–Crippen LogP) is 0.754. The zero-order valence-corrected chi connectivity index (χ0v) is 10.1. The van der Waals surface area contributed by atoms with Crippen molar-refractivity contribution in [3.63, 3.8) is 0 Å². The average Bonchev–Trinajstić information content (AvgIpc) is 2.77. The molecule has 98 valence electrons. The van der Waals surface area contributed by atoms with Crippen LogP contribution in [0.2, 0.25) is 0 Å². The van der Waals surface area contributed by atoms with Crippen LogP contribution >= 0.6 is 0 Å². The number of nitrogens with zero attached hydrogens (tertiary/aromatic N) is 1. The third-order valence-electron chi connectivity index (χ3n) is 2.69. The van der Waals surface area contributed by atoms with E-state index in [2.05, 4.69) is 10.3 Å². The molecule has 1 aromatic heterocycles. The largest absolute Gasteiger partial charge is 0.376 e. The lowest BCUT2D eigenvalue weighted by Gasteiger charge is -2.18. The van der Waals surface area contributed by atoms with Crippen molar-refractivity contribution in [2.75, 3.05) is 19.8 Å². The van der Waals surface area contributed by atoms with Gasteiger partial charge in [0.2, 0.25) is 0 Å². The summed E-state index contributed by atoms with van der Waals surface area (Å²) in [6.45, 7) is 3.30. The van der Waals surface area contributed by atoms with Gasteiger partial charge in [0, 0.05) is 12.8 Å². The third-order valence-corrected chi connectivity index (χ3v) is 2.69. The zero-order valence-electron chi connectivity index (χ0n) is 10.1. The fraction of sp³-hybridized carbons (Fsp3) is 0.500. The van der Waals surface area contributed by atoms with E-state index >= 15 is 0 Å². The molecule has 0 aromatic carbocycles. The number of amides is 1. The van der Waals surface area contributed by atoms with Gasteiger partial charge in [-0.1, -0.05) is 0 Å². The fourth-order valence-electron chi connectivity index (χ4n) is 1.84. The maximum atomic E-state index is 12.9. The Morgan fingerprint density at radius 1 is 1.61 bits per heavy atom. The van der Waals surface area contributed by atoms with Crippen molar-refractivity contribution in [3.05, 3.63) is 29.8 Å². The quantitative estimate of drug-likeness (QED) is 0.861.